The summed E-state index contributed by atoms with van der Waals surface area (Å²) >= 11 is 0. The van der Waals surface area contributed by atoms with Gasteiger partial charge >= 0.3 is 17.1 Å². The first-order valence-corrected chi connectivity index (χ1v) is 47.7. The Kier molecular flexibility index (Phi) is 35.9. The Hall–Kier alpha value is -16.3. The number of carbonyl (C=O) groups is 9. The third kappa shape index (κ3) is 28.6. The molecule has 0 unspecified atom stereocenters. The molecule has 0 aliphatic rings. The summed E-state index contributed by atoms with van der Waals surface area (Å²) in [5.41, 5.74) is -11.0. The molecule has 6 heterocycles. The van der Waals surface area contributed by atoms with Crippen LogP contribution in [0.15, 0.2) is 232 Å². The standard InChI is InChI=1S/2C32H31BF2N6O7S.C31H29BF2N6O7S.CH4/c1-17-16-40(5)31(46)41(29(17)44)26-11-6-18(15-36-26)12-25(27(33)42)38-28(43)21-13-23(35)24(14-22(21)34)39-49(47,48)20-9-7-19(8-10-20)37-30(45)32(2,3)4;1-17-12-27(42)41(31(46)40(17)5)26-11-6-18(16-36-26)13-25(28(33)43)38-29(44)21-14-23(35)24(15-22(21)34)39-49(47,48)20-9-7-19(8-10-20)37-30(45)32(2,3)4;1-31(2,3)29(44)36-18-6-8-19(9-7-18)48(46,47)38-23-15-21(33)20(14-22(23)34)28(43)37-24(27(32)42)13-17-5-10-25(35-16-17)40-26(41)11-12-39(4)30(40)45;/h6-11,13-16,25,39H,12H2,1-5H3,(H,37,45)(H,38,43);6-12,14-16,25,39H,13H2,1-5H3,(H,37,45)(H,38,44);5-12,14-16,24,38H,13H2,1-4H3,(H,36,44)(H,37,43);1H4/t2*25-;24-;/m000./s1. The van der Waals surface area contributed by atoms with Crippen molar-refractivity contribution in [3.8, 4) is 17.5 Å². The normalized spacial score (nSPS) is 12.1. The van der Waals surface area contributed by atoms with Crippen LogP contribution in [0.2, 0.25) is 0 Å². The smallest absolute Gasteiger partial charge is 0.336 e. The fourth-order valence-electron chi connectivity index (χ4n) is 13.0. The van der Waals surface area contributed by atoms with Crippen molar-refractivity contribution in [1.29, 1.82) is 0 Å². The number of rotatable bonds is 30. The summed E-state index contributed by atoms with van der Waals surface area (Å²) in [4.78, 5) is 197. The Morgan fingerprint density at radius 3 is 0.932 bits per heavy atom. The maximum absolute atomic E-state index is 15.1. The van der Waals surface area contributed by atoms with Crippen LogP contribution < -0.4 is 79.8 Å². The molecule has 0 saturated heterocycles. The number of anilines is 6. The van der Waals surface area contributed by atoms with E-state index in [0.29, 0.717) is 81.4 Å². The summed E-state index contributed by atoms with van der Waals surface area (Å²) in [5.74, 6) is -12.4. The zero-order chi connectivity index (χ0) is 108. The Morgan fingerprint density at radius 1 is 0.367 bits per heavy atom. The van der Waals surface area contributed by atoms with Gasteiger partial charge in [0.15, 0.2) is 23.5 Å². The molecule has 6 aromatic heterocycles. The van der Waals surface area contributed by atoms with E-state index >= 15 is 22.0 Å². The molecule has 51 heteroatoms. The number of hydrogen-bond donors (Lipinski definition) is 9. The van der Waals surface area contributed by atoms with Crippen molar-refractivity contribution in [3.63, 3.8) is 0 Å². The van der Waals surface area contributed by atoms with Gasteiger partial charge in [0.05, 0.1) is 83.6 Å². The van der Waals surface area contributed by atoms with Crippen molar-refractivity contribution in [2.75, 3.05) is 30.1 Å². The zero-order valence-electron chi connectivity index (χ0n) is 80.1. The van der Waals surface area contributed by atoms with Crippen LogP contribution in [0.4, 0.5) is 60.5 Å². The van der Waals surface area contributed by atoms with E-state index in [1.54, 1.807) is 69.2 Å². The van der Waals surface area contributed by atoms with Crippen molar-refractivity contribution in [3.05, 3.63) is 331 Å². The number of nitrogens with zero attached hydrogens (tertiary/aromatic N) is 9. The molecule has 6 radical (unpaired) electrons. The minimum atomic E-state index is -4.43. The first kappa shape index (κ1) is 114. The predicted molar refractivity (Wildman–Crippen MR) is 534 cm³/mol. The summed E-state index contributed by atoms with van der Waals surface area (Å²) < 4.78 is 179. The first-order chi connectivity index (χ1) is 67.9. The second kappa shape index (κ2) is 46.2. The SMILES string of the molecule is C.[B]C(=O)[C@H](Cc1ccc(-n2c(=O)c(C)cn(C)c2=O)nc1)NC(=O)c1cc(F)c(NS(=O)(=O)c2ccc(NC(=O)C(C)(C)C)cc2)cc1F.[B]C(=O)[C@H](Cc1ccc(-n2c(=O)cc(C)n(C)c2=O)nc1)NC(=O)c1cc(F)c(NS(=O)(=O)c2ccc(NC(=O)C(C)(C)C)cc2)cc1F.[B]C(=O)[C@H](Cc1ccc(-n2c(=O)ccn(C)c2=O)nc1)NC(=O)c1cc(F)c(NS(=O)(=O)c2ccc(NC(=O)C(C)(C)C)cc2)cc1F. The first-order valence-electron chi connectivity index (χ1n) is 43.3. The van der Waals surface area contributed by atoms with Gasteiger partial charge in [0.1, 0.15) is 52.4 Å². The van der Waals surface area contributed by atoms with E-state index in [1.165, 1.54) is 158 Å². The van der Waals surface area contributed by atoms with E-state index in [0.717, 1.165) is 50.1 Å². The summed E-state index contributed by atoms with van der Waals surface area (Å²) in [6, 6.07) is 24.2. The minimum absolute atomic E-state index is 0. The predicted octanol–water partition coefficient (Wildman–Crippen LogP) is 7.35. The molecule has 0 spiro atoms. The van der Waals surface area contributed by atoms with Gasteiger partial charge in [0.2, 0.25) is 17.7 Å². The van der Waals surface area contributed by atoms with Crippen LogP contribution in [0.5, 0.6) is 0 Å². The van der Waals surface area contributed by atoms with E-state index in [-0.39, 0.29) is 76.6 Å². The van der Waals surface area contributed by atoms with Crippen LogP contribution in [0, 0.1) is 65.0 Å². The Bertz CT molecular complexity index is 7930. The molecular formula is C96H95B3F6N18O21S3. The highest BCUT2D eigenvalue weighted by atomic mass is 32.2. The zero-order valence-corrected chi connectivity index (χ0v) is 82.5. The van der Waals surface area contributed by atoms with Gasteiger partial charge in [0, 0.05) is 146 Å². The fraction of sp³-hybridized carbons (Fsp3) is 0.250. The van der Waals surface area contributed by atoms with Gasteiger partial charge in [-0.25, -0.2) is 94.6 Å². The van der Waals surface area contributed by atoms with Crippen LogP contribution >= 0.6 is 0 Å². The van der Waals surface area contributed by atoms with Crippen LogP contribution in [0.1, 0.15) is 129 Å². The van der Waals surface area contributed by atoms with Crippen LogP contribution in [0.25, 0.3) is 17.5 Å². The van der Waals surface area contributed by atoms with Gasteiger partial charge in [-0.15, -0.1) is 0 Å². The Labute approximate surface area is 839 Å². The van der Waals surface area contributed by atoms with Crippen LogP contribution in [0.3, 0.4) is 0 Å². The molecule has 6 aromatic carbocycles. The number of halogens is 6. The Balaban J connectivity index is 0.000000244. The molecule has 0 bridgehead atoms. The number of amides is 6. The lowest BCUT2D eigenvalue weighted by Crippen LogP contribution is -2.43. The lowest BCUT2D eigenvalue weighted by Gasteiger charge is -2.18. The Morgan fingerprint density at radius 2 is 0.653 bits per heavy atom. The number of pyridine rings is 3. The molecule has 0 aliphatic heterocycles. The lowest BCUT2D eigenvalue weighted by molar-refractivity contribution is -0.123. The number of aryl methyl sites for hydroxylation is 4. The highest BCUT2D eigenvalue weighted by Gasteiger charge is 2.32. The second-order valence-corrected chi connectivity index (χ2v) is 41.0. The van der Waals surface area contributed by atoms with Gasteiger partial charge in [0.25, 0.3) is 64.5 Å². The third-order valence-corrected chi connectivity index (χ3v) is 25.6. The molecule has 3 atom stereocenters. The van der Waals surface area contributed by atoms with Crippen LogP contribution in [-0.2, 0) is 99.2 Å². The molecule has 0 fully saturated rings. The molecule has 12 aromatic rings. The molecule has 9 N–H and O–H groups in total. The quantitative estimate of drug-likeness (QED) is 0.0157. The molecule has 764 valence electrons. The summed E-state index contributed by atoms with van der Waals surface area (Å²) in [5, 5.41) is 14.6. The maximum Gasteiger partial charge on any atom is 0.336 e. The van der Waals surface area contributed by atoms with Crippen molar-refractivity contribution in [2.24, 2.45) is 37.4 Å². The number of aromatic nitrogens is 9. The van der Waals surface area contributed by atoms with Gasteiger partial charge < -0.3 is 60.0 Å². The summed E-state index contributed by atoms with van der Waals surface area (Å²) in [6.45, 7) is 18.4. The minimum Gasteiger partial charge on any atom is -0.343 e. The monoisotopic (exact) mass is 2080 g/mol. The fourth-order valence-corrected chi connectivity index (χ4v) is 16.1. The number of nitrogens with one attached hydrogen (secondary N) is 9. The van der Waals surface area contributed by atoms with E-state index in [2.05, 4.69) is 46.9 Å². The van der Waals surface area contributed by atoms with Gasteiger partial charge in [-0.3, -0.25) is 57.3 Å². The number of sulfonamides is 3. The third-order valence-electron chi connectivity index (χ3n) is 21.5. The van der Waals surface area contributed by atoms with E-state index in [4.69, 9.17) is 23.5 Å². The topological polar surface area (TPSA) is 535 Å². The van der Waals surface area contributed by atoms with Gasteiger partial charge in [-0.2, -0.15) is 0 Å². The average Bonchev–Trinajstić information content (AvgIpc) is 0.782. The second-order valence-electron chi connectivity index (χ2n) is 35.9. The largest absolute Gasteiger partial charge is 0.343 e. The number of benzene rings is 6. The van der Waals surface area contributed by atoms with Crippen LogP contribution in [-0.4, -0.2) is 162 Å². The molecule has 147 heavy (non-hydrogen) atoms. The molecule has 0 aliphatic carbocycles. The van der Waals surface area contributed by atoms with E-state index in [9.17, 15) is 102 Å². The summed E-state index contributed by atoms with van der Waals surface area (Å²) in [7, 11) is 7.44. The molecule has 12 rings (SSSR count). The van der Waals surface area contributed by atoms with Gasteiger partial charge in [-0.05, 0) is 140 Å². The average molecular weight is 2080 g/mol. The molecule has 0 saturated carbocycles. The highest BCUT2D eigenvalue weighted by molar-refractivity contribution is 7.93. The highest BCUT2D eigenvalue weighted by Crippen LogP contribution is 2.31. The van der Waals surface area contributed by atoms with Gasteiger partial charge in [-0.1, -0.05) is 87.9 Å². The van der Waals surface area contributed by atoms with Crippen molar-refractivity contribution in [1.82, 2.24) is 58.3 Å². The van der Waals surface area contributed by atoms with Crippen molar-refractivity contribution in [2.45, 2.75) is 136 Å². The summed E-state index contributed by atoms with van der Waals surface area (Å²) in [6.07, 6.45) is 5.71. The molecule has 6 amide bonds. The lowest BCUT2D eigenvalue weighted by atomic mass is 9.90. The van der Waals surface area contributed by atoms with E-state index in [1.807, 2.05) is 14.2 Å². The molecule has 39 nitrogen and oxygen atoms in total. The number of hydrogen-bond acceptors (Lipinski definition) is 24. The van der Waals surface area contributed by atoms with Crippen molar-refractivity contribution < 1.29 is 94.7 Å². The van der Waals surface area contributed by atoms with E-state index < -0.39 is 202 Å². The molecular weight excluding hydrogens is 1980 g/mol. The van der Waals surface area contributed by atoms with Crippen molar-refractivity contribution >= 4 is 140 Å². The maximum atomic E-state index is 15.1. The number of carbonyl (C=O) groups excluding carboxylic acids is 9.